The summed E-state index contributed by atoms with van der Waals surface area (Å²) in [6, 6.07) is 9.45. The van der Waals surface area contributed by atoms with Crippen LogP contribution in [0.25, 0.3) is 16.8 Å². The van der Waals surface area contributed by atoms with E-state index in [-0.39, 0.29) is 5.41 Å². The van der Waals surface area contributed by atoms with Gasteiger partial charge >= 0.3 is 5.97 Å². The van der Waals surface area contributed by atoms with E-state index in [4.69, 9.17) is 5.11 Å². The Hall–Kier alpha value is -2.35. The largest absolute Gasteiger partial charge is 0.478 e. The highest BCUT2D eigenvalue weighted by Crippen LogP contribution is 2.41. The van der Waals surface area contributed by atoms with Gasteiger partial charge in [0.25, 0.3) is 0 Å². The minimum Gasteiger partial charge on any atom is -0.478 e. The summed E-state index contributed by atoms with van der Waals surface area (Å²) in [5, 5.41) is 11.2. The van der Waals surface area contributed by atoms with Crippen LogP contribution < -0.4 is 0 Å². The molecule has 2 aromatic rings. The summed E-state index contributed by atoms with van der Waals surface area (Å²) < 4.78 is 0. The maximum Gasteiger partial charge on any atom is 0.335 e. The molecule has 25 heavy (non-hydrogen) atoms. The van der Waals surface area contributed by atoms with Crippen molar-refractivity contribution in [1.29, 1.82) is 0 Å². The van der Waals surface area contributed by atoms with Crippen LogP contribution in [-0.4, -0.2) is 11.1 Å². The van der Waals surface area contributed by atoms with Gasteiger partial charge in [-0.25, -0.2) is 4.79 Å². The summed E-state index contributed by atoms with van der Waals surface area (Å²) in [6.45, 7) is 9.02. The first-order chi connectivity index (χ1) is 11.8. The second kappa shape index (κ2) is 6.51. The number of hydrogen-bond donors (Lipinski definition) is 1. The zero-order valence-corrected chi connectivity index (χ0v) is 15.5. The summed E-state index contributed by atoms with van der Waals surface area (Å²) in [5.74, 6) is -0.884. The molecule has 0 aliphatic heterocycles. The maximum atomic E-state index is 11.1. The molecule has 2 nitrogen and oxygen atoms in total. The predicted octanol–water partition coefficient (Wildman–Crippen LogP) is 6.39. The number of aromatic carboxylic acids is 1. The van der Waals surface area contributed by atoms with Crippen LogP contribution in [0, 0.1) is 12.3 Å². The Balaban J connectivity index is 2.01. The van der Waals surface area contributed by atoms with Crippen LogP contribution in [-0.2, 0) is 0 Å². The van der Waals surface area contributed by atoms with Gasteiger partial charge in [0.1, 0.15) is 0 Å². The van der Waals surface area contributed by atoms with E-state index in [0.717, 1.165) is 10.8 Å². The third kappa shape index (κ3) is 3.39. The first-order valence-electron chi connectivity index (χ1n) is 8.94. The van der Waals surface area contributed by atoms with E-state index in [1.165, 1.54) is 41.5 Å². The van der Waals surface area contributed by atoms with Gasteiger partial charge in [0, 0.05) is 0 Å². The summed E-state index contributed by atoms with van der Waals surface area (Å²) in [6.07, 6.45) is 8.20. The van der Waals surface area contributed by atoms with Crippen LogP contribution in [0.15, 0.2) is 47.6 Å². The standard InChI is InChI=1S/C23H26O2/c1-15-6-5-13-23(3,4)21(15)12-10-17-7-8-18-14-19(22(24)25)9-11-20(18)16(17)2/h7-12,14H,5-6,13H2,1-4H3,(H,24,25)/b12-10+. The van der Waals surface area contributed by atoms with Crippen LogP contribution in [0.1, 0.15) is 61.5 Å². The van der Waals surface area contributed by atoms with Crippen LogP contribution in [0.3, 0.4) is 0 Å². The summed E-state index contributed by atoms with van der Waals surface area (Å²) in [7, 11) is 0. The second-order valence-electron chi connectivity index (χ2n) is 7.79. The molecule has 130 valence electrons. The molecule has 2 heteroatoms. The van der Waals surface area contributed by atoms with Crippen molar-refractivity contribution in [1.82, 2.24) is 0 Å². The molecule has 2 aromatic carbocycles. The molecule has 1 N–H and O–H groups in total. The van der Waals surface area contributed by atoms with Gasteiger partial charge in [0.15, 0.2) is 0 Å². The highest BCUT2D eigenvalue weighted by Gasteiger charge is 2.26. The number of carboxylic acids is 1. The van der Waals surface area contributed by atoms with Crippen molar-refractivity contribution in [2.75, 3.05) is 0 Å². The van der Waals surface area contributed by atoms with Crippen molar-refractivity contribution in [3.05, 3.63) is 64.2 Å². The fourth-order valence-corrected chi connectivity index (χ4v) is 4.00. The molecule has 0 radical (unpaired) electrons. The van der Waals surface area contributed by atoms with Crippen molar-refractivity contribution < 1.29 is 9.90 Å². The normalized spacial score (nSPS) is 17.4. The van der Waals surface area contributed by atoms with E-state index in [1.807, 2.05) is 12.1 Å². The molecule has 0 fully saturated rings. The molecule has 1 aliphatic carbocycles. The predicted molar refractivity (Wildman–Crippen MR) is 105 cm³/mol. The Bertz CT molecular complexity index is 898. The van der Waals surface area contributed by atoms with Gasteiger partial charge in [-0.1, -0.05) is 49.8 Å². The summed E-state index contributed by atoms with van der Waals surface area (Å²) in [5.41, 5.74) is 5.91. The zero-order chi connectivity index (χ0) is 18.2. The molecule has 0 spiro atoms. The number of hydrogen-bond acceptors (Lipinski definition) is 1. The highest BCUT2D eigenvalue weighted by molar-refractivity contribution is 5.96. The number of benzene rings is 2. The molecule has 0 unspecified atom stereocenters. The lowest BCUT2D eigenvalue weighted by Crippen LogP contribution is -2.18. The number of carbonyl (C=O) groups is 1. The second-order valence-corrected chi connectivity index (χ2v) is 7.79. The van der Waals surface area contributed by atoms with Gasteiger partial charge in [0.2, 0.25) is 0 Å². The average Bonchev–Trinajstić information content (AvgIpc) is 2.55. The van der Waals surface area contributed by atoms with Crippen LogP contribution in [0.5, 0.6) is 0 Å². The molecule has 1 aliphatic rings. The Morgan fingerprint density at radius 1 is 1.12 bits per heavy atom. The van der Waals surface area contributed by atoms with Crippen molar-refractivity contribution >= 4 is 22.8 Å². The van der Waals surface area contributed by atoms with Crippen molar-refractivity contribution in [2.24, 2.45) is 5.41 Å². The van der Waals surface area contributed by atoms with Gasteiger partial charge in [-0.2, -0.15) is 0 Å². The molecule has 3 rings (SSSR count). The number of aryl methyl sites for hydroxylation is 1. The lowest BCUT2D eigenvalue weighted by atomic mass is 9.72. The molecular weight excluding hydrogens is 308 g/mol. The van der Waals surface area contributed by atoms with E-state index < -0.39 is 5.97 Å². The Morgan fingerprint density at radius 2 is 1.88 bits per heavy atom. The fraction of sp³-hybridized carbons (Fsp3) is 0.348. The van der Waals surface area contributed by atoms with E-state index in [9.17, 15) is 4.79 Å². The quantitative estimate of drug-likeness (QED) is 0.706. The summed E-state index contributed by atoms with van der Waals surface area (Å²) >= 11 is 0. The van der Waals surface area contributed by atoms with Gasteiger partial charge in [0.05, 0.1) is 5.56 Å². The van der Waals surface area contributed by atoms with Crippen molar-refractivity contribution in [3.63, 3.8) is 0 Å². The molecule has 0 aromatic heterocycles. The Morgan fingerprint density at radius 3 is 2.56 bits per heavy atom. The molecule has 0 amide bonds. The molecule has 0 heterocycles. The summed E-state index contributed by atoms with van der Waals surface area (Å²) in [4.78, 5) is 11.1. The fourth-order valence-electron chi connectivity index (χ4n) is 4.00. The third-order valence-electron chi connectivity index (χ3n) is 5.55. The first kappa shape index (κ1) is 17.5. The van der Waals surface area contributed by atoms with Crippen molar-refractivity contribution in [3.8, 4) is 0 Å². The topological polar surface area (TPSA) is 37.3 Å². The minimum absolute atomic E-state index is 0.236. The van der Waals surface area contributed by atoms with E-state index in [1.54, 1.807) is 12.1 Å². The van der Waals surface area contributed by atoms with Crippen LogP contribution in [0.4, 0.5) is 0 Å². The van der Waals surface area contributed by atoms with Gasteiger partial charge in [-0.05, 0) is 78.1 Å². The first-order valence-corrected chi connectivity index (χ1v) is 8.94. The maximum absolute atomic E-state index is 11.1. The molecular formula is C23H26O2. The molecule has 0 saturated carbocycles. The average molecular weight is 334 g/mol. The number of allylic oxidation sites excluding steroid dienone is 3. The molecule has 0 atom stereocenters. The lowest BCUT2D eigenvalue weighted by molar-refractivity contribution is 0.0697. The molecule has 0 bridgehead atoms. The van der Waals surface area contributed by atoms with Gasteiger partial charge < -0.3 is 5.11 Å². The van der Waals surface area contributed by atoms with E-state index in [2.05, 4.69) is 45.9 Å². The van der Waals surface area contributed by atoms with Crippen LogP contribution in [0.2, 0.25) is 0 Å². The number of fused-ring (bicyclic) bond motifs is 1. The Kier molecular flexibility index (Phi) is 4.55. The monoisotopic (exact) mass is 334 g/mol. The Labute approximate surface area is 149 Å². The van der Waals surface area contributed by atoms with E-state index >= 15 is 0 Å². The van der Waals surface area contributed by atoms with Crippen LogP contribution >= 0.6 is 0 Å². The highest BCUT2D eigenvalue weighted by atomic mass is 16.4. The number of carboxylic acid groups (broad SMARTS) is 1. The SMILES string of the molecule is CC1=C(/C=C/c2ccc3cc(C(=O)O)ccc3c2C)C(C)(C)CCC1. The molecule has 0 saturated heterocycles. The smallest absolute Gasteiger partial charge is 0.335 e. The van der Waals surface area contributed by atoms with Gasteiger partial charge in [-0.3, -0.25) is 0 Å². The zero-order valence-electron chi connectivity index (χ0n) is 15.5. The lowest BCUT2D eigenvalue weighted by Gasteiger charge is -2.33. The van der Waals surface area contributed by atoms with Gasteiger partial charge in [-0.15, -0.1) is 0 Å². The van der Waals surface area contributed by atoms with Crippen molar-refractivity contribution in [2.45, 2.75) is 47.0 Å². The minimum atomic E-state index is -0.884. The van der Waals surface area contributed by atoms with E-state index in [0.29, 0.717) is 5.56 Å². The third-order valence-corrected chi connectivity index (χ3v) is 5.55. The number of rotatable bonds is 3.